The number of amides is 1. The van der Waals surface area contributed by atoms with E-state index in [0.717, 1.165) is 5.57 Å². The van der Waals surface area contributed by atoms with Gasteiger partial charge in [-0.3, -0.25) is 9.59 Å². The van der Waals surface area contributed by atoms with Crippen LogP contribution in [0.4, 0.5) is 0 Å². The number of allylic oxidation sites excluding steroid dienone is 2. The van der Waals surface area contributed by atoms with Crippen molar-refractivity contribution in [3.05, 3.63) is 59.3 Å². The first-order valence-corrected chi connectivity index (χ1v) is 23.3. The molecule has 2 unspecified atom stereocenters. The zero-order valence-electron chi connectivity index (χ0n) is 39.5. The number of rotatable bonds is 8. The molecule has 7 aliphatic rings. The highest BCUT2D eigenvalue weighted by Gasteiger charge is 2.60. The lowest BCUT2D eigenvalue weighted by Gasteiger charge is -2.48. The van der Waals surface area contributed by atoms with E-state index in [1.807, 2.05) is 39.0 Å². The van der Waals surface area contributed by atoms with Gasteiger partial charge < -0.3 is 62.9 Å². The molecule has 3 N–H and O–H groups in total. The minimum atomic E-state index is -1.84. The van der Waals surface area contributed by atoms with Crippen LogP contribution in [0.1, 0.15) is 94.4 Å². The number of ether oxygens (including phenoxy) is 10. The van der Waals surface area contributed by atoms with Crippen LogP contribution >= 0.6 is 0 Å². The predicted molar refractivity (Wildman–Crippen MR) is 234 cm³/mol. The minimum absolute atomic E-state index is 0.0266. The second-order valence-corrected chi connectivity index (χ2v) is 19.5. The predicted octanol–water partition coefficient (Wildman–Crippen LogP) is 5.13. The van der Waals surface area contributed by atoms with Gasteiger partial charge in [0.05, 0.1) is 55.4 Å². The van der Waals surface area contributed by atoms with E-state index < -0.39 is 84.7 Å². The summed E-state index contributed by atoms with van der Waals surface area (Å²) in [4.78, 5) is 26.2. The van der Waals surface area contributed by atoms with Gasteiger partial charge in [-0.1, -0.05) is 64.2 Å². The van der Waals surface area contributed by atoms with Crippen LogP contribution < -0.4 is 5.32 Å². The average molecular weight is 900 g/mol. The Bertz CT molecular complexity index is 1830. The summed E-state index contributed by atoms with van der Waals surface area (Å²) in [7, 11) is 3.27. The van der Waals surface area contributed by atoms with Crippen molar-refractivity contribution < 1.29 is 67.2 Å². The number of aliphatic hydroxyl groups excluding tert-OH is 1. The van der Waals surface area contributed by atoms with Crippen LogP contribution in [0.3, 0.4) is 0 Å². The van der Waals surface area contributed by atoms with Crippen LogP contribution in [0.25, 0.3) is 0 Å². The van der Waals surface area contributed by atoms with E-state index in [1.54, 1.807) is 33.3 Å². The maximum atomic E-state index is 14.3. The fraction of sp³-hybridized carbons (Fsp3) is 0.755. The van der Waals surface area contributed by atoms with Gasteiger partial charge in [-0.15, -0.1) is 0 Å². The highest BCUT2D eigenvalue weighted by Crippen LogP contribution is 2.47. The molecule has 0 aromatic carbocycles. The van der Waals surface area contributed by atoms with E-state index in [-0.39, 0.29) is 61.0 Å². The SMILES string of the molecule is CO[C@H]1C[C@H](O[C@H]2[C@H](C)O[C@@H](O[C@@H]3/C(C)=C/C[C@@H]4C[C@@H](C[C@]5(C=C[C@H](C)[C@@H](C(C)C)O5)O4)OC(=O)C4C=C(C)[C@@H](O)C5OC/C(=C\C=C\[C@@H]3C)[C@@]45O)C[C@@H]2OC)O[C@@H](C)[C@H]1NC(C)=O. The second-order valence-electron chi connectivity index (χ2n) is 19.5. The molecule has 19 atom stereocenters. The number of aliphatic hydroxyl groups is 2. The first-order chi connectivity index (χ1) is 30.4. The zero-order valence-corrected chi connectivity index (χ0v) is 39.5. The second kappa shape index (κ2) is 20.2. The number of methoxy groups -OCH3 is 2. The van der Waals surface area contributed by atoms with Gasteiger partial charge in [-0.05, 0) is 62.8 Å². The van der Waals surface area contributed by atoms with Crippen LogP contribution in [-0.2, 0) is 57.0 Å². The number of esters is 1. The first kappa shape index (κ1) is 49.1. The van der Waals surface area contributed by atoms with Gasteiger partial charge >= 0.3 is 5.97 Å². The van der Waals surface area contributed by atoms with Crippen LogP contribution in [-0.4, -0.2) is 140 Å². The molecular weight excluding hydrogens is 827 g/mol. The Hall–Kier alpha value is -2.80. The largest absolute Gasteiger partial charge is 0.462 e. The normalized spacial score (nSPS) is 47.4. The monoisotopic (exact) mass is 900 g/mol. The Morgan fingerprint density at radius 1 is 0.906 bits per heavy atom. The molecule has 6 aliphatic heterocycles. The van der Waals surface area contributed by atoms with E-state index in [0.29, 0.717) is 36.8 Å². The maximum absolute atomic E-state index is 14.3. The molecule has 1 aliphatic carbocycles. The van der Waals surface area contributed by atoms with Crippen molar-refractivity contribution in [3.8, 4) is 0 Å². The first-order valence-electron chi connectivity index (χ1n) is 23.3. The van der Waals surface area contributed by atoms with Crippen molar-refractivity contribution in [1.82, 2.24) is 5.32 Å². The fourth-order valence-electron chi connectivity index (χ4n) is 10.9. The maximum Gasteiger partial charge on any atom is 0.316 e. The molecule has 1 amide bonds. The summed E-state index contributed by atoms with van der Waals surface area (Å²) in [5.41, 5.74) is 0.112. The molecule has 15 nitrogen and oxygen atoms in total. The van der Waals surface area contributed by atoms with E-state index in [4.69, 9.17) is 47.4 Å². The van der Waals surface area contributed by atoms with E-state index in [2.05, 4.69) is 45.2 Å². The van der Waals surface area contributed by atoms with Crippen LogP contribution in [0.2, 0.25) is 0 Å². The van der Waals surface area contributed by atoms with Crippen LogP contribution in [0.5, 0.6) is 0 Å². The summed E-state index contributed by atoms with van der Waals surface area (Å²) in [6.45, 7) is 17.5. The van der Waals surface area contributed by atoms with Crippen molar-refractivity contribution >= 4 is 11.9 Å². The van der Waals surface area contributed by atoms with Crippen molar-refractivity contribution in [2.75, 3.05) is 20.8 Å². The van der Waals surface area contributed by atoms with E-state index in [1.165, 1.54) is 6.92 Å². The van der Waals surface area contributed by atoms with E-state index in [9.17, 15) is 19.8 Å². The Balaban J connectivity index is 1.16. The standard InChI is InChI=1S/C49H73NO14/c1-25(2)43-28(5)17-18-48(64-43)23-35-20-34(63-48)16-15-27(4)44(26(3)13-12-14-33-24-57-46-42(52)29(6)19-36(47(53)60-35)49(33,46)54)61-40-22-38(56-11)45(31(8)59-40)62-39-21-37(55-10)41(30(7)58-39)50-32(9)51/h12-15,17-19,25-26,28,30-31,34-46,52,54H,16,20-24H2,1-11H3,(H,50,51)/b13-12+,27-15+,33-14+/t26-,28-,30-,31-,34+,35-,36?,37-,38-,39-,40-,41+,42+,43+,44-,45-,46?,48+,49+/m0/s1. The van der Waals surface area contributed by atoms with Crippen molar-refractivity contribution in [3.63, 3.8) is 0 Å². The molecule has 64 heavy (non-hydrogen) atoms. The lowest BCUT2D eigenvalue weighted by atomic mass is 9.71. The molecular formula is C49H73NO14. The smallest absolute Gasteiger partial charge is 0.316 e. The summed E-state index contributed by atoms with van der Waals surface area (Å²) in [6, 6.07) is -0.314. The van der Waals surface area contributed by atoms with Gasteiger partial charge in [0.2, 0.25) is 5.91 Å². The highest BCUT2D eigenvalue weighted by molar-refractivity contribution is 5.78. The molecule has 0 radical (unpaired) electrons. The summed E-state index contributed by atoms with van der Waals surface area (Å²) in [5.74, 6) is -2.81. The zero-order chi connectivity index (χ0) is 46.2. The van der Waals surface area contributed by atoms with Crippen LogP contribution in [0, 0.1) is 23.7 Å². The topological polar surface area (TPSA) is 179 Å². The molecule has 15 heteroatoms. The third kappa shape index (κ3) is 10.2. The molecule has 2 bridgehead atoms. The molecule has 358 valence electrons. The Kier molecular flexibility index (Phi) is 15.5. The number of carbonyl (C=O) groups excluding carboxylic acids is 2. The van der Waals surface area contributed by atoms with Crippen LogP contribution in [0.15, 0.2) is 59.3 Å². The van der Waals surface area contributed by atoms with Gasteiger partial charge in [0, 0.05) is 58.7 Å². The third-order valence-electron chi connectivity index (χ3n) is 14.4. The molecule has 4 saturated heterocycles. The molecule has 4 fully saturated rings. The lowest BCUT2D eigenvalue weighted by Crippen LogP contribution is -2.58. The summed E-state index contributed by atoms with van der Waals surface area (Å²) < 4.78 is 64.2. The summed E-state index contributed by atoms with van der Waals surface area (Å²) in [5, 5.41) is 26.7. The van der Waals surface area contributed by atoms with Crippen molar-refractivity contribution in [2.24, 2.45) is 23.7 Å². The van der Waals surface area contributed by atoms with Crippen molar-refractivity contribution in [1.29, 1.82) is 0 Å². The van der Waals surface area contributed by atoms with Crippen molar-refractivity contribution in [2.45, 2.75) is 192 Å². The van der Waals surface area contributed by atoms with Gasteiger partial charge in [0.15, 0.2) is 18.4 Å². The van der Waals surface area contributed by atoms with E-state index >= 15 is 0 Å². The number of carbonyl (C=O) groups is 2. The molecule has 6 heterocycles. The van der Waals surface area contributed by atoms with Gasteiger partial charge in [-0.25, -0.2) is 0 Å². The van der Waals surface area contributed by atoms with Gasteiger partial charge in [-0.2, -0.15) is 0 Å². The van der Waals surface area contributed by atoms with Gasteiger partial charge in [0.1, 0.15) is 35.9 Å². The molecule has 7 rings (SSSR count). The minimum Gasteiger partial charge on any atom is -0.462 e. The lowest BCUT2D eigenvalue weighted by molar-refractivity contribution is -0.311. The molecule has 0 saturated carbocycles. The molecule has 0 aromatic rings. The summed E-state index contributed by atoms with van der Waals surface area (Å²) >= 11 is 0. The number of nitrogens with one attached hydrogen (secondary N) is 1. The molecule has 0 aromatic heterocycles. The number of fused-ring (bicyclic) bond motifs is 2. The fourth-order valence-corrected chi connectivity index (χ4v) is 10.9. The number of hydrogen-bond donors (Lipinski definition) is 3. The third-order valence-corrected chi connectivity index (χ3v) is 14.4. The Morgan fingerprint density at radius 2 is 1.61 bits per heavy atom. The highest BCUT2D eigenvalue weighted by atomic mass is 16.7. The number of hydrogen-bond acceptors (Lipinski definition) is 14. The Morgan fingerprint density at radius 3 is 2.31 bits per heavy atom. The van der Waals surface area contributed by atoms with Gasteiger partial charge in [0.25, 0.3) is 0 Å². The molecule has 1 spiro atoms. The summed E-state index contributed by atoms with van der Waals surface area (Å²) in [6.07, 6.45) is 8.46. The Labute approximate surface area is 378 Å². The quantitative estimate of drug-likeness (QED) is 0.216. The average Bonchev–Trinajstić information content (AvgIpc) is 3.58.